The van der Waals surface area contributed by atoms with Crippen LogP contribution in [0.5, 0.6) is 0 Å². The molecule has 0 spiro atoms. The molecule has 1 aromatic rings. The maximum atomic E-state index is 12.7. The van der Waals surface area contributed by atoms with Gasteiger partial charge >= 0.3 is 0 Å². The molecule has 2 amide bonds. The minimum atomic E-state index is -0.195. The third kappa shape index (κ3) is 6.71. The molecule has 1 N–H and O–H groups in total. The number of nitrogens with one attached hydrogen (secondary N) is 1. The first-order chi connectivity index (χ1) is 12.6. The van der Waals surface area contributed by atoms with Gasteiger partial charge in [0.05, 0.1) is 11.9 Å². The molecular weight excluding hydrogens is 332 g/mol. The Morgan fingerprint density at radius 3 is 2.62 bits per heavy atom. The van der Waals surface area contributed by atoms with Crippen LogP contribution in [0.15, 0.2) is 12.4 Å². The van der Waals surface area contributed by atoms with E-state index in [1.165, 1.54) is 25.5 Å². The minimum absolute atomic E-state index is 0.0106. The Labute approximate surface area is 155 Å². The highest BCUT2D eigenvalue weighted by Gasteiger charge is 2.20. The number of hydrogen-bond acceptors (Lipinski definition) is 5. The van der Waals surface area contributed by atoms with E-state index in [1.54, 1.807) is 18.2 Å². The van der Waals surface area contributed by atoms with Gasteiger partial charge in [-0.1, -0.05) is 19.3 Å². The number of rotatable bonds is 9. The standard InChI is InChI=1S/C19H30N4O3/c1-15-13-21-17(14-20-15)19(25)23(10-6-12-26-2)11-9-18(24)22-16-7-4-3-5-8-16/h13-14,16H,3-12H2,1-2H3,(H,22,24). The van der Waals surface area contributed by atoms with Crippen molar-refractivity contribution in [2.75, 3.05) is 26.8 Å². The summed E-state index contributed by atoms with van der Waals surface area (Å²) in [6, 6.07) is 0.289. The van der Waals surface area contributed by atoms with Crippen molar-refractivity contribution in [1.82, 2.24) is 20.2 Å². The molecule has 1 heterocycles. The van der Waals surface area contributed by atoms with Gasteiger partial charge in [-0.05, 0) is 26.2 Å². The molecule has 0 atom stereocenters. The van der Waals surface area contributed by atoms with Crippen LogP contribution in [0.1, 0.15) is 61.1 Å². The normalized spacial score (nSPS) is 14.8. The van der Waals surface area contributed by atoms with Crippen LogP contribution in [0, 0.1) is 6.92 Å². The molecule has 26 heavy (non-hydrogen) atoms. The summed E-state index contributed by atoms with van der Waals surface area (Å²) in [6.45, 7) is 3.29. The maximum absolute atomic E-state index is 12.7. The van der Waals surface area contributed by atoms with Crippen molar-refractivity contribution in [1.29, 1.82) is 0 Å². The van der Waals surface area contributed by atoms with E-state index in [1.807, 2.05) is 6.92 Å². The fourth-order valence-electron chi connectivity index (χ4n) is 3.16. The number of carbonyl (C=O) groups excluding carboxylic acids is 2. The van der Waals surface area contributed by atoms with Crippen molar-refractivity contribution in [3.05, 3.63) is 23.8 Å². The first-order valence-electron chi connectivity index (χ1n) is 9.46. The Hall–Kier alpha value is -2.02. The molecule has 144 valence electrons. The number of ether oxygens (including phenoxy) is 1. The zero-order valence-corrected chi connectivity index (χ0v) is 15.9. The first-order valence-corrected chi connectivity index (χ1v) is 9.46. The van der Waals surface area contributed by atoms with Crippen LogP contribution in [0.25, 0.3) is 0 Å². The van der Waals surface area contributed by atoms with Crippen LogP contribution in [-0.2, 0) is 9.53 Å². The van der Waals surface area contributed by atoms with Gasteiger partial charge in [-0.3, -0.25) is 14.6 Å². The molecule has 1 aliphatic rings. The zero-order valence-electron chi connectivity index (χ0n) is 15.9. The predicted molar refractivity (Wildman–Crippen MR) is 98.8 cm³/mol. The molecule has 0 unspecified atom stereocenters. The highest BCUT2D eigenvalue weighted by atomic mass is 16.5. The molecule has 0 bridgehead atoms. The maximum Gasteiger partial charge on any atom is 0.274 e. The monoisotopic (exact) mass is 362 g/mol. The first kappa shape index (κ1) is 20.3. The molecule has 7 heteroatoms. The molecular formula is C19H30N4O3. The number of nitrogens with zero attached hydrogens (tertiary/aromatic N) is 3. The van der Waals surface area contributed by atoms with E-state index in [-0.39, 0.29) is 17.9 Å². The third-order valence-corrected chi connectivity index (χ3v) is 4.64. The molecule has 1 fully saturated rings. The van der Waals surface area contributed by atoms with Gasteiger partial charge in [0.15, 0.2) is 0 Å². The van der Waals surface area contributed by atoms with Gasteiger partial charge in [0.1, 0.15) is 5.69 Å². The Morgan fingerprint density at radius 2 is 1.96 bits per heavy atom. The van der Waals surface area contributed by atoms with Crippen molar-refractivity contribution in [3.8, 4) is 0 Å². The summed E-state index contributed by atoms with van der Waals surface area (Å²) in [4.78, 5) is 34.9. The summed E-state index contributed by atoms with van der Waals surface area (Å²) < 4.78 is 5.07. The highest BCUT2D eigenvalue weighted by molar-refractivity contribution is 5.92. The van der Waals surface area contributed by atoms with E-state index in [0.717, 1.165) is 18.5 Å². The van der Waals surface area contributed by atoms with Crippen LogP contribution >= 0.6 is 0 Å². The predicted octanol–water partition coefficient (Wildman–Crippen LogP) is 2.10. The molecule has 1 aliphatic carbocycles. The fraction of sp³-hybridized carbons (Fsp3) is 0.684. The summed E-state index contributed by atoms with van der Waals surface area (Å²) in [5.41, 5.74) is 1.07. The molecule has 2 rings (SSSR count). The second kappa shape index (κ2) is 10.9. The fourth-order valence-corrected chi connectivity index (χ4v) is 3.16. The Bertz CT molecular complexity index is 571. The van der Waals surface area contributed by atoms with Gasteiger partial charge in [-0.2, -0.15) is 0 Å². The van der Waals surface area contributed by atoms with Crippen molar-refractivity contribution in [2.45, 2.75) is 57.9 Å². The number of aryl methyl sites for hydroxylation is 1. The number of methoxy groups -OCH3 is 1. The lowest BCUT2D eigenvalue weighted by Crippen LogP contribution is -2.40. The van der Waals surface area contributed by atoms with Gasteiger partial charge in [0.25, 0.3) is 5.91 Å². The number of aromatic nitrogens is 2. The van der Waals surface area contributed by atoms with Gasteiger partial charge in [0.2, 0.25) is 5.91 Å². The zero-order chi connectivity index (χ0) is 18.8. The summed E-state index contributed by atoms with van der Waals surface area (Å²) in [7, 11) is 1.63. The van der Waals surface area contributed by atoms with Crippen LogP contribution in [0.3, 0.4) is 0 Å². The van der Waals surface area contributed by atoms with Crippen molar-refractivity contribution in [3.63, 3.8) is 0 Å². The quantitative estimate of drug-likeness (QED) is 0.680. The molecule has 1 saturated carbocycles. The van der Waals surface area contributed by atoms with Crippen LogP contribution in [0.4, 0.5) is 0 Å². The molecule has 0 radical (unpaired) electrons. The molecule has 7 nitrogen and oxygen atoms in total. The summed E-state index contributed by atoms with van der Waals surface area (Å²) >= 11 is 0. The van der Waals surface area contributed by atoms with Gasteiger partial charge in [0, 0.05) is 45.5 Å². The second-order valence-corrected chi connectivity index (χ2v) is 6.83. The van der Waals surface area contributed by atoms with Gasteiger partial charge < -0.3 is 15.0 Å². The van der Waals surface area contributed by atoms with Crippen LogP contribution in [-0.4, -0.2) is 59.5 Å². The average molecular weight is 362 g/mol. The average Bonchev–Trinajstić information content (AvgIpc) is 2.65. The topological polar surface area (TPSA) is 84.4 Å². The molecule has 0 aliphatic heterocycles. The molecule has 0 saturated heterocycles. The summed E-state index contributed by atoms with van der Waals surface area (Å²) in [5, 5.41) is 3.10. The van der Waals surface area contributed by atoms with Crippen LogP contribution < -0.4 is 5.32 Å². The third-order valence-electron chi connectivity index (χ3n) is 4.64. The molecule has 0 aromatic carbocycles. The second-order valence-electron chi connectivity index (χ2n) is 6.83. The smallest absolute Gasteiger partial charge is 0.274 e. The van der Waals surface area contributed by atoms with Gasteiger partial charge in [-0.15, -0.1) is 0 Å². The van der Waals surface area contributed by atoms with Crippen LogP contribution in [0.2, 0.25) is 0 Å². The van der Waals surface area contributed by atoms with E-state index in [9.17, 15) is 9.59 Å². The Morgan fingerprint density at radius 1 is 1.19 bits per heavy atom. The Balaban J connectivity index is 1.89. The lowest BCUT2D eigenvalue weighted by molar-refractivity contribution is -0.122. The highest BCUT2D eigenvalue weighted by Crippen LogP contribution is 2.17. The van der Waals surface area contributed by atoms with Gasteiger partial charge in [-0.25, -0.2) is 4.98 Å². The molecule has 1 aromatic heterocycles. The van der Waals surface area contributed by atoms with Crippen molar-refractivity contribution < 1.29 is 14.3 Å². The number of hydrogen-bond donors (Lipinski definition) is 1. The van der Waals surface area contributed by atoms with E-state index < -0.39 is 0 Å². The summed E-state index contributed by atoms with van der Waals surface area (Å²) in [5.74, 6) is -0.185. The van der Waals surface area contributed by atoms with Crippen molar-refractivity contribution >= 4 is 11.8 Å². The lowest BCUT2D eigenvalue weighted by atomic mass is 9.95. The van der Waals surface area contributed by atoms with E-state index in [4.69, 9.17) is 4.74 Å². The minimum Gasteiger partial charge on any atom is -0.385 e. The van der Waals surface area contributed by atoms with Crippen molar-refractivity contribution in [2.24, 2.45) is 0 Å². The number of carbonyl (C=O) groups is 2. The largest absolute Gasteiger partial charge is 0.385 e. The lowest BCUT2D eigenvalue weighted by Gasteiger charge is -2.25. The van der Waals surface area contributed by atoms with E-state index in [0.29, 0.717) is 38.2 Å². The number of amides is 2. The SMILES string of the molecule is COCCCN(CCC(=O)NC1CCCCC1)C(=O)c1cnc(C)cn1. The summed E-state index contributed by atoms with van der Waals surface area (Å²) in [6.07, 6.45) is 9.81. The van der Waals surface area contributed by atoms with E-state index >= 15 is 0 Å². The Kier molecular flexibility index (Phi) is 8.47. The van der Waals surface area contributed by atoms with E-state index in [2.05, 4.69) is 15.3 Å².